The lowest BCUT2D eigenvalue weighted by Crippen LogP contribution is -2.08. The van der Waals surface area contributed by atoms with Crippen LogP contribution >= 0.6 is 0 Å². The molecule has 2 aromatic rings. The van der Waals surface area contributed by atoms with Gasteiger partial charge in [-0.2, -0.15) is 0 Å². The first-order valence-corrected chi connectivity index (χ1v) is 5.88. The maximum Gasteiger partial charge on any atom is 0.0885 e. The molecule has 4 nitrogen and oxygen atoms in total. The lowest BCUT2D eigenvalue weighted by molar-refractivity contribution is 0.569. The van der Waals surface area contributed by atoms with Crippen molar-refractivity contribution in [2.24, 2.45) is 5.73 Å². The van der Waals surface area contributed by atoms with E-state index < -0.39 is 0 Å². The molecular weight excluding hydrogens is 212 g/mol. The summed E-state index contributed by atoms with van der Waals surface area (Å²) in [5, 5.41) is 8.07. The molecular formula is C13H18N4. The maximum atomic E-state index is 5.52. The SMILES string of the molecule is Cc1ccc(-c2cnnn2CCCN)cc1C. The molecule has 0 bridgehead atoms. The lowest BCUT2D eigenvalue weighted by Gasteiger charge is -2.07. The highest BCUT2D eigenvalue weighted by Crippen LogP contribution is 2.21. The summed E-state index contributed by atoms with van der Waals surface area (Å²) < 4.78 is 1.91. The minimum atomic E-state index is 0.673. The molecule has 0 aliphatic rings. The molecule has 2 N–H and O–H groups in total. The van der Waals surface area contributed by atoms with E-state index in [1.165, 1.54) is 11.1 Å². The third-order valence-electron chi connectivity index (χ3n) is 2.99. The molecule has 0 radical (unpaired) electrons. The molecule has 2 rings (SSSR count). The molecule has 0 atom stereocenters. The van der Waals surface area contributed by atoms with Crippen LogP contribution in [0.15, 0.2) is 24.4 Å². The Hall–Kier alpha value is -1.68. The van der Waals surface area contributed by atoms with Crippen LogP contribution in [0.2, 0.25) is 0 Å². The third kappa shape index (κ3) is 2.53. The summed E-state index contributed by atoms with van der Waals surface area (Å²) in [5.74, 6) is 0. The number of aromatic nitrogens is 3. The molecule has 1 aromatic heterocycles. The van der Waals surface area contributed by atoms with E-state index in [1.54, 1.807) is 6.20 Å². The first-order chi connectivity index (χ1) is 8.22. The largest absolute Gasteiger partial charge is 0.330 e. The van der Waals surface area contributed by atoms with Gasteiger partial charge in [-0.3, -0.25) is 0 Å². The first-order valence-electron chi connectivity index (χ1n) is 5.88. The van der Waals surface area contributed by atoms with E-state index in [4.69, 9.17) is 5.73 Å². The normalized spacial score (nSPS) is 10.8. The van der Waals surface area contributed by atoms with Gasteiger partial charge in [0.25, 0.3) is 0 Å². The highest BCUT2D eigenvalue weighted by atomic mass is 15.4. The summed E-state index contributed by atoms with van der Waals surface area (Å²) in [5.41, 5.74) is 10.3. The van der Waals surface area contributed by atoms with Crippen LogP contribution in [0.4, 0.5) is 0 Å². The first kappa shape index (κ1) is 11.8. The number of hydrogen-bond acceptors (Lipinski definition) is 3. The van der Waals surface area contributed by atoms with Crippen LogP contribution in [0.5, 0.6) is 0 Å². The highest BCUT2D eigenvalue weighted by molar-refractivity contribution is 5.60. The molecule has 4 heteroatoms. The molecule has 0 aliphatic carbocycles. The molecule has 0 aliphatic heterocycles. The van der Waals surface area contributed by atoms with Gasteiger partial charge < -0.3 is 5.73 Å². The lowest BCUT2D eigenvalue weighted by atomic mass is 10.0. The second-order valence-corrected chi connectivity index (χ2v) is 4.28. The fraction of sp³-hybridized carbons (Fsp3) is 0.385. The monoisotopic (exact) mass is 230 g/mol. The van der Waals surface area contributed by atoms with E-state index in [0.717, 1.165) is 24.2 Å². The fourth-order valence-corrected chi connectivity index (χ4v) is 1.79. The second-order valence-electron chi connectivity index (χ2n) is 4.28. The molecule has 0 spiro atoms. The van der Waals surface area contributed by atoms with Gasteiger partial charge >= 0.3 is 0 Å². The van der Waals surface area contributed by atoms with Gasteiger partial charge in [-0.05, 0) is 44.0 Å². The summed E-state index contributed by atoms with van der Waals surface area (Å²) >= 11 is 0. The van der Waals surface area contributed by atoms with Crippen LogP contribution in [-0.2, 0) is 6.54 Å². The summed E-state index contributed by atoms with van der Waals surface area (Å²) in [6.45, 7) is 5.72. The predicted octanol–water partition coefficient (Wildman–Crippen LogP) is 1.91. The van der Waals surface area contributed by atoms with Gasteiger partial charge in [-0.15, -0.1) is 5.10 Å². The van der Waals surface area contributed by atoms with Crippen molar-refractivity contribution in [1.29, 1.82) is 0 Å². The molecule has 90 valence electrons. The summed E-state index contributed by atoms with van der Waals surface area (Å²) in [6, 6.07) is 6.41. The summed E-state index contributed by atoms with van der Waals surface area (Å²) in [7, 11) is 0. The molecule has 1 heterocycles. The van der Waals surface area contributed by atoms with Gasteiger partial charge in [0.05, 0.1) is 11.9 Å². The van der Waals surface area contributed by atoms with E-state index >= 15 is 0 Å². The van der Waals surface area contributed by atoms with Gasteiger partial charge in [0.15, 0.2) is 0 Å². The predicted molar refractivity (Wildman–Crippen MR) is 68.6 cm³/mol. The smallest absolute Gasteiger partial charge is 0.0885 e. The molecule has 0 unspecified atom stereocenters. The van der Waals surface area contributed by atoms with Gasteiger partial charge in [0.2, 0.25) is 0 Å². The van der Waals surface area contributed by atoms with Crippen molar-refractivity contribution >= 4 is 0 Å². The van der Waals surface area contributed by atoms with E-state index in [2.05, 4.69) is 42.4 Å². The minimum Gasteiger partial charge on any atom is -0.330 e. The number of rotatable bonds is 4. The Morgan fingerprint density at radius 1 is 1.24 bits per heavy atom. The number of aryl methyl sites for hydroxylation is 3. The van der Waals surface area contributed by atoms with Gasteiger partial charge in [0.1, 0.15) is 0 Å². The standard InChI is InChI=1S/C13H18N4/c1-10-4-5-12(8-11(10)2)13-9-15-16-17(13)7-3-6-14/h4-5,8-9H,3,6-7,14H2,1-2H3. The molecule has 0 saturated carbocycles. The van der Waals surface area contributed by atoms with E-state index in [9.17, 15) is 0 Å². The summed E-state index contributed by atoms with van der Waals surface area (Å²) in [4.78, 5) is 0. The number of benzene rings is 1. The molecule has 0 saturated heterocycles. The average Bonchev–Trinajstić information content (AvgIpc) is 2.78. The molecule has 1 aromatic carbocycles. The van der Waals surface area contributed by atoms with Crippen molar-refractivity contribution in [3.8, 4) is 11.3 Å². The minimum absolute atomic E-state index is 0.673. The van der Waals surface area contributed by atoms with Crippen LogP contribution in [-0.4, -0.2) is 21.5 Å². The van der Waals surface area contributed by atoms with Crippen molar-refractivity contribution in [2.75, 3.05) is 6.54 Å². The number of nitrogens with two attached hydrogens (primary N) is 1. The van der Waals surface area contributed by atoms with Crippen LogP contribution in [0.1, 0.15) is 17.5 Å². The zero-order valence-electron chi connectivity index (χ0n) is 10.3. The third-order valence-corrected chi connectivity index (χ3v) is 2.99. The van der Waals surface area contributed by atoms with Gasteiger partial charge in [-0.1, -0.05) is 17.3 Å². The quantitative estimate of drug-likeness (QED) is 0.873. The Labute approximate surface area is 101 Å². The van der Waals surface area contributed by atoms with Crippen molar-refractivity contribution in [2.45, 2.75) is 26.8 Å². The van der Waals surface area contributed by atoms with E-state index in [0.29, 0.717) is 6.54 Å². The maximum absolute atomic E-state index is 5.52. The second kappa shape index (κ2) is 5.10. The van der Waals surface area contributed by atoms with Gasteiger partial charge in [0, 0.05) is 12.1 Å². The Balaban J connectivity index is 2.32. The number of hydrogen-bond donors (Lipinski definition) is 1. The van der Waals surface area contributed by atoms with Crippen LogP contribution in [0.25, 0.3) is 11.3 Å². The Morgan fingerprint density at radius 3 is 2.76 bits per heavy atom. The Kier molecular flexibility index (Phi) is 3.54. The Bertz CT molecular complexity index is 502. The van der Waals surface area contributed by atoms with Crippen LogP contribution < -0.4 is 5.73 Å². The molecule has 0 amide bonds. The average molecular weight is 230 g/mol. The van der Waals surface area contributed by atoms with Crippen LogP contribution in [0.3, 0.4) is 0 Å². The van der Waals surface area contributed by atoms with Gasteiger partial charge in [-0.25, -0.2) is 4.68 Å². The van der Waals surface area contributed by atoms with Crippen molar-refractivity contribution in [1.82, 2.24) is 15.0 Å². The topological polar surface area (TPSA) is 56.7 Å². The zero-order chi connectivity index (χ0) is 12.3. The fourth-order valence-electron chi connectivity index (χ4n) is 1.79. The molecule has 17 heavy (non-hydrogen) atoms. The van der Waals surface area contributed by atoms with E-state index in [1.807, 2.05) is 4.68 Å². The van der Waals surface area contributed by atoms with Crippen LogP contribution in [0, 0.1) is 13.8 Å². The van der Waals surface area contributed by atoms with Crippen molar-refractivity contribution in [3.63, 3.8) is 0 Å². The zero-order valence-corrected chi connectivity index (χ0v) is 10.3. The van der Waals surface area contributed by atoms with Crippen molar-refractivity contribution < 1.29 is 0 Å². The van der Waals surface area contributed by atoms with E-state index in [-0.39, 0.29) is 0 Å². The summed E-state index contributed by atoms with van der Waals surface area (Å²) in [6.07, 6.45) is 2.72. The number of nitrogens with zero attached hydrogens (tertiary/aromatic N) is 3. The molecule has 0 fully saturated rings. The highest BCUT2D eigenvalue weighted by Gasteiger charge is 2.06. The van der Waals surface area contributed by atoms with Crippen molar-refractivity contribution in [3.05, 3.63) is 35.5 Å². The Morgan fingerprint density at radius 2 is 2.06 bits per heavy atom.